The van der Waals surface area contributed by atoms with Crippen LogP contribution in [0.5, 0.6) is 12.0 Å². The van der Waals surface area contributed by atoms with Crippen LogP contribution < -0.4 is 21.1 Å². The van der Waals surface area contributed by atoms with Gasteiger partial charge < -0.3 is 30.9 Å². The van der Waals surface area contributed by atoms with E-state index < -0.39 is 11.7 Å². The summed E-state index contributed by atoms with van der Waals surface area (Å²) in [7, 11) is 0. The van der Waals surface area contributed by atoms with Crippen molar-refractivity contribution in [3.05, 3.63) is 35.4 Å². The molecule has 2 aromatic heterocycles. The molecule has 12 nitrogen and oxygen atoms in total. The first-order chi connectivity index (χ1) is 17.1. The summed E-state index contributed by atoms with van der Waals surface area (Å²) in [5, 5.41) is 15.7. The molecule has 0 aliphatic rings. The average Bonchev–Trinajstić information content (AvgIpc) is 3.12. The molecule has 2 heterocycles. The molecular weight excluding hydrogens is 466 g/mol. The molecule has 0 radical (unpaired) electrons. The van der Waals surface area contributed by atoms with Crippen molar-refractivity contribution >= 4 is 29.0 Å². The summed E-state index contributed by atoms with van der Waals surface area (Å²) in [4.78, 5) is 36.6. The van der Waals surface area contributed by atoms with Crippen LogP contribution in [-0.2, 0) is 11.3 Å². The van der Waals surface area contributed by atoms with Crippen molar-refractivity contribution in [3.8, 4) is 12.0 Å². The highest BCUT2D eigenvalue weighted by molar-refractivity contribution is 5.94. The number of nitrogens with one attached hydrogen (secondary N) is 2. The van der Waals surface area contributed by atoms with Gasteiger partial charge in [0.05, 0.1) is 13.2 Å². The molecule has 194 valence electrons. The molecule has 3 aromatic rings. The van der Waals surface area contributed by atoms with E-state index in [1.54, 1.807) is 45.0 Å². The molecular formula is C24H33N7O5. The summed E-state index contributed by atoms with van der Waals surface area (Å²) < 4.78 is 12.2. The molecule has 12 heteroatoms. The first-order valence-electron chi connectivity index (χ1n) is 11.8. The number of rotatable bonds is 10. The number of fused-ring (bicyclic) bond motifs is 1. The number of aromatic nitrogens is 4. The monoisotopic (exact) mass is 499 g/mol. The lowest BCUT2D eigenvalue weighted by Crippen LogP contribution is -2.37. The maximum atomic E-state index is 12.4. The second kappa shape index (κ2) is 11.6. The smallest absolute Gasteiger partial charge is 0.407 e. The molecule has 0 unspecified atom stereocenters. The first-order valence-corrected chi connectivity index (χ1v) is 11.8. The van der Waals surface area contributed by atoms with Crippen molar-refractivity contribution in [2.75, 3.05) is 25.4 Å². The molecule has 3 rings (SSSR count). The van der Waals surface area contributed by atoms with E-state index in [2.05, 4.69) is 25.6 Å². The summed E-state index contributed by atoms with van der Waals surface area (Å²) in [5.41, 5.74) is 7.30. The molecule has 0 bridgehead atoms. The van der Waals surface area contributed by atoms with Gasteiger partial charge in [-0.05, 0) is 44.9 Å². The standard InChI is InChI=1S/C24H33N7O5/c1-5-6-13-35-21-29-18(25)17-19(30-21)31(22(33)28-17)14-15-7-9-16(10-8-15)20(32)26-11-12-27-23(34)36-24(2,3)4/h7-10H,5-6,11-14H2,1-4H3,(H,26,32)(H,27,34)(H,28,33)(H2,25,29,30). The first kappa shape index (κ1) is 26.5. The van der Waals surface area contributed by atoms with Crippen LogP contribution in [-0.4, -0.2) is 61.9 Å². The zero-order chi connectivity index (χ0) is 26.3. The highest BCUT2D eigenvalue weighted by atomic mass is 16.6. The van der Waals surface area contributed by atoms with Crippen LogP contribution in [0.3, 0.4) is 0 Å². The van der Waals surface area contributed by atoms with Crippen molar-refractivity contribution in [1.82, 2.24) is 30.2 Å². The molecule has 0 saturated carbocycles. The zero-order valence-electron chi connectivity index (χ0n) is 21.0. The van der Waals surface area contributed by atoms with Gasteiger partial charge in [0.2, 0.25) is 0 Å². The number of unbranched alkanes of at least 4 members (excludes halogenated alkanes) is 1. The minimum absolute atomic E-state index is 0.119. The number of anilines is 1. The van der Waals surface area contributed by atoms with Gasteiger partial charge in [-0.25, -0.2) is 4.79 Å². The lowest BCUT2D eigenvalue weighted by atomic mass is 10.1. The van der Waals surface area contributed by atoms with Gasteiger partial charge in [0.1, 0.15) is 5.60 Å². The summed E-state index contributed by atoms with van der Waals surface area (Å²) in [6.45, 7) is 8.57. The predicted octanol–water partition coefficient (Wildman–Crippen LogP) is 2.60. The number of benzene rings is 1. The van der Waals surface area contributed by atoms with Gasteiger partial charge in [-0.2, -0.15) is 15.0 Å². The van der Waals surface area contributed by atoms with E-state index in [1.165, 1.54) is 4.57 Å². The SMILES string of the molecule is CCCCOc1nc(N)c2nc(O)n(Cc3ccc(C(=O)NCCNC(=O)OC(C)(C)C)cc3)c2n1. The number of aromatic hydroxyl groups is 1. The number of nitrogens with zero attached hydrogens (tertiary/aromatic N) is 4. The summed E-state index contributed by atoms with van der Waals surface area (Å²) in [5.74, 6) is -0.161. The van der Waals surface area contributed by atoms with Crippen LogP contribution in [0.25, 0.3) is 11.2 Å². The largest absolute Gasteiger partial charge is 0.480 e. The Kier molecular flexibility index (Phi) is 8.51. The van der Waals surface area contributed by atoms with E-state index in [0.717, 1.165) is 18.4 Å². The van der Waals surface area contributed by atoms with E-state index >= 15 is 0 Å². The van der Waals surface area contributed by atoms with Crippen LogP contribution in [0.1, 0.15) is 56.5 Å². The normalized spacial score (nSPS) is 11.3. The van der Waals surface area contributed by atoms with Crippen LogP contribution in [0, 0.1) is 0 Å². The quantitative estimate of drug-likeness (QED) is 0.307. The van der Waals surface area contributed by atoms with E-state index in [0.29, 0.717) is 17.8 Å². The molecule has 0 saturated heterocycles. The number of alkyl carbamates (subject to hydrolysis) is 1. The molecule has 2 amide bonds. The highest BCUT2D eigenvalue weighted by Gasteiger charge is 2.18. The van der Waals surface area contributed by atoms with Crippen LogP contribution in [0.4, 0.5) is 10.6 Å². The van der Waals surface area contributed by atoms with Gasteiger partial charge in [-0.15, -0.1) is 0 Å². The third kappa shape index (κ3) is 7.20. The highest BCUT2D eigenvalue weighted by Crippen LogP contribution is 2.26. The van der Waals surface area contributed by atoms with Gasteiger partial charge in [-0.3, -0.25) is 9.36 Å². The number of imidazole rings is 1. The fourth-order valence-corrected chi connectivity index (χ4v) is 3.21. The summed E-state index contributed by atoms with van der Waals surface area (Å²) in [6, 6.07) is 6.75. The van der Waals surface area contributed by atoms with Gasteiger partial charge in [0.15, 0.2) is 17.0 Å². The van der Waals surface area contributed by atoms with Crippen LogP contribution >= 0.6 is 0 Å². The van der Waals surface area contributed by atoms with Crippen molar-refractivity contribution in [2.24, 2.45) is 0 Å². The Bertz CT molecular complexity index is 1200. The van der Waals surface area contributed by atoms with E-state index in [1.807, 2.05) is 6.92 Å². The second-order valence-electron chi connectivity index (χ2n) is 9.15. The minimum atomic E-state index is -0.584. The molecule has 0 aliphatic carbocycles. The topological polar surface area (TPSA) is 167 Å². The third-order valence-corrected chi connectivity index (χ3v) is 4.95. The second-order valence-corrected chi connectivity index (χ2v) is 9.15. The zero-order valence-corrected chi connectivity index (χ0v) is 21.0. The van der Waals surface area contributed by atoms with Crippen molar-refractivity contribution in [3.63, 3.8) is 0 Å². The average molecular weight is 500 g/mol. The van der Waals surface area contributed by atoms with Gasteiger partial charge in [0, 0.05) is 18.7 Å². The minimum Gasteiger partial charge on any atom is -0.480 e. The molecule has 0 aliphatic heterocycles. The van der Waals surface area contributed by atoms with Gasteiger partial charge >= 0.3 is 12.1 Å². The Morgan fingerprint density at radius 1 is 1.08 bits per heavy atom. The maximum absolute atomic E-state index is 12.4. The Hall–Kier alpha value is -4.09. The summed E-state index contributed by atoms with van der Waals surface area (Å²) in [6.07, 6.45) is 1.28. The van der Waals surface area contributed by atoms with E-state index in [-0.39, 0.29) is 48.9 Å². The number of hydrogen-bond donors (Lipinski definition) is 4. The summed E-state index contributed by atoms with van der Waals surface area (Å²) >= 11 is 0. The van der Waals surface area contributed by atoms with Crippen molar-refractivity contribution in [1.29, 1.82) is 0 Å². The number of carbonyl (C=O) groups excluding carboxylic acids is 2. The van der Waals surface area contributed by atoms with Crippen molar-refractivity contribution < 1.29 is 24.2 Å². The molecule has 0 fully saturated rings. The molecule has 36 heavy (non-hydrogen) atoms. The number of nitrogens with two attached hydrogens (primary N) is 1. The predicted molar refractivity (Wildman–Crippen MR) is 134 cm³/mol. The Morgan fingerprint density at radius 3 is 2.44 bits per heavy atom. The van der Waals surface area contributed by atoms with E-state index in [9.17, 15) is 14.7 Å². The van der Waals surface area contributed by atoms with E-state index in [4.69, 9.17) is 15.2 Å². The molecule has 0 atom stereocenters. The number of hydrogen-bond acceptors (Lipinski definition) is 9. The number of carbonyl (C=O) groups is 2. The van der Waals surface area contributed by atoms with Crippen molar-refractivity contribution in [2.45, 2.75) is 52.7 Å². The Balaban J connectivity index is 1.61. The Morgan fingerprint density at radius 2 is 1.78 bits per heavy atom. The number of ether oxygens (including phenoxy) is 2. The van der Waals surface area contributed by atoms with Gasteiger partial charge in [-0.1, -0.05) is 25.5 Å². The number of amides is 2. The van der Waals surface area contributed by atoms with Crippen LogP contribution in [0.15, 0.2) is 24.3 Å². The Labute approximate surface area is 209 Å². The lowest BCUT2D eigenvalue weighted by molar-refractivity contribution is 0.0526. The molecule has 5 N–H and O–H groups in total. The maximum Gasteiger partial charge on any atom is 0.407 e. The van der Waals surface area contributed by atoms with Crippen LogP contribution in [0.2, 0.25) is 0 Å². The molecule has 0 spiro atoms. The lowest BCUT2D eigenvalue weighted by Gasteiger charge is -2.19. The fraction of sp³-hybridized carbons (Fsp3) is 0.458. The third-order valence-electron chi connectivity index (χ3n) is 4.95. The number of nitrogen functional groups attached to an aromatic ring is 1. The van der Waals surface area contributed by atoms with Gasteiger partial charge in [0.25, 0.3) is 11.9 Å². The molecule has 1 aromatic carbocycles. The fourth-order valence-electron chi connectivity index (χ4n) is 3.21.